The Morgan fingerprint density at radius 1 is 0.586 bits per heavy atom. The smallest absolute Gasteiger partial charge is 0.346 e. The molecule has 0 aliphatic carbocycles. The SMILES string of the molecule is CC(C)c1ccc(C(C)C)c(C(=O)OC(=O)c2cc(C(C)C)ccc2C(C)C)c1. The molecule has 0 unspecified atom stereocenters. The van der Waals surface area contributed by atoms with E-state index in [0.717, 1.165) is 22.3 Å². The van der Waals surface area contributed by atoms with E-state index in [1.54, 1.807) is 0 Å². The van der Waals surface area contributed by atoms with Crippen LogP contribution in [0.5, 0.6) is 0 Å². The molecule has 0 N–H and O–H groups in total. The van der Waals surface area contributed by atoms with Crippen molar-refractivity contribution >= 4 is 11.9 Å². The Bertz CT molecular complexity index is 815. The zero-order chi connectivity index (χ0) is 21.9. The quantitative estimate of drug-likeness (QED) is 0.385. The summed E-state index contributed by atoms with van der Waals surface area (Å²) in [6.45, 7) is 16.5. The molecule has 2 aromatic carbocycles. The highest BCUT2D eigenvalue weighted by Crippen LogP contribution is 2.28. The average Bonchev–Trinajstić information content (AvgIpc) is 2.66. The maximum atomic E-state index is 13.0. The van der Waals surface area contributed by atoms with Gasteiger partial charge in [0.15, 0.2) is 0 Å². The second kappa shape index (κ2) is 9.39. The van der Waals surface area contributed by atoms with E-state index in [4.69, 9.17) is 4.74 Å². The van der Waals surface area contributed by atoms with E-state index in [-0.39, 0.29) is 23.7 Å². The molecule has 0 amide bonds. The van der Waals surface area contributed by atoms with Gasteiger partial charge in [0, 0.05) is 0 Å². The highest BCUT2D eigenvalue weighted by atomic mass is 16.6. The second-order valence-corrected chi connectivity index (χ2v) is 8.99. The van der Waals surface area contributed by atoms with Crippen LogP contribution in [0.3, 0.4) is 0 Å². The normalized spacial score (nSPS) is 11.6. The van der Waals surface area contributed by atoms with Gasteiger partial charge in [0.25, 0.3) is 0 Å². The van der Waals surface area contributed by atoms with Gasteiger partial charge in [0.2, 0.25) is 0 Å². The third kappa shape index (κ3) is 5.35. The van der Waals surface area contributed by atoms with Crippen LogP contribution in [-0.2, 0) is 4.74 Å². The number of ether oxygens (including phenoxy) is 1. The van der Waals surface area contributed by atoms with Crippen molar-refractivity contribution in [3.8, 4) is 0 Å². The highest BCUT2D eigenvalue weighted by molar-refractivity contribution is 6.04. The summed E-state index contributed by atoms with van der Waals surface area (Å²) in [4.78, 5) is 26.0. The Kier molecular flexibility index (Phi) is 7.40. The maximum Gasteiger partial charge on any atom is 0.346 e. The lowest BCUT2D eigenvalue weighted by atomic mass is 9.91. The van der Waals surface area contributed by atoms with Crippen molar-refractivity contribution in [2.45, 2.75) is 79.1 Å². The largest absolute Gasteiger partial charge is 0.386 e. The third-order valence-corrected chi connectivity index (χ3v) is 5.36. The lowest BCUT2D eigenvalue weighted by Gasteiger charge is -2.17. The van der Waals surface area contributed by atoms with Crippen molar-refractivity contribution in [3.05, 3.63) is 69.8 Å². The summed E-state index contributed by atoms with van der Waals surface area (Å²) in [7, 11) is 0. The molecule has 156 valence electrons. The standard InChI is InChI=1S/C26H34O3/c1-15(2)19-9-11-21(17(5)6)23(13-19)25(27)29-26(28)24-14-20(16(3)4)10-12-22(24)18(7)8/h9-18H,1-8H3. The van der Waals surface area contributed by atoms with Crippen LogP contribution < -0.4 is 0 Å². The predicted molar refractivity (Wildman–Crippen MR) is 119 cm³/mol. The molecule has 2 rings (SSSR count). The van der Waals surface area contributed by atoms with Gasteiger partial charge in [-0.3, -0.25) is 0 Å². The molecule has 2 aromatic rings. The minimum absolute atomic E-state index is 0.157. The molecule has 0 atom stereocenters. The number of hydrogen-bond acceptors (Lipinski definition) is 3. The summed E-state index contributed by atoms with van der Waals surface area (Å²) in [5.41, 5.74) is 4.85. The Balaban J connectivity index is 2.42. The van der Waals surface area contributed by atoms with Crippen LogP contribution in [0.15, 0.2) is 36.4 Å². The molecule has 0 radical (unpaired) electrons. The molecular formula is C26H34O3. The molecule has 0 spiro atoms. The fourth-order valence-corrected chi connectivity index (χ4v) is 3.42. The first kappa shape index (κ1) is 22.9. The minimum Gasteiger partial charge on any atom is -0.386 e. The van der Waals surface area contributed by atoms with Crippen LogP contribution in [-0.4, -0.2) is 11.9 Å². The monoisotopic (exact) mass is 394 g/mol. The van der Waals surface area contributed by atoms with Gasteiger partial charge >= 0.3 is 11.9 Å². The number of rotatable bonds is 6. The lowest BCUT2D eigenvalue weighted by molar-refractivity contribution is 0.0395. The molecule has 0 aliphatic heterocycles. The summed E-state index contributed by atoms with van der Waals surface area (Å²) in [5.74, 6) is -0.270. The fraction of sp³-hybridized carbons (Fsp3) is 0.462. The van der Waals surface area contributed by atoms with Crippen LogP contribution in [0.25, 0.3) is 0 Å². The van der Waals surface area contributed by atoms with E-state index < -0.39 is 11.9 Å². The topological polar surface area (TPSA) is 43.4 Å². The Labute approximate surface area is 175 Å². The van der Waals surface area contributed by atoms with E-state index in [0.29, 0.717) is 11.1 Å². The average molecular weight is 395 g/mol. The van der Waals surface area contributed by atoms with Crippen LogP contribution >= 0.6 is 0 Å². The molecule has 0 saturated carbocycles. The molecule has 0 saturated heterocycles. The van der Waals surface area contributed by atoms with Gasteiger partial charge in [-0.1, -0.05) is 79.7 Å². The fourth-order valence-electron chi connectivity index (χ4n) is 3.42. The zero-order valence-electron chi connectivity index (χ0n) is 19.0. The summed E-state index contributed by atoms with van der Waals surface area (Å²) in [6.07, 6.45) is 0. The Morgan fingerprint density at radius 3 is 1.21 bits per heavy atom. The van der Waals surface area contributed by atoms with Gasteiger partial charge in [-0.2, -0.15) is 0 Å². The molecule has 0 fully saturated rings. The third-order valence-electron chi connectivity index (χ3n) is 5.36. The van der Waals surface area contributed by atoms with E-state index in [9.17, 15) is 9.59 Å². The number of hydrogen-bond donors (Lipinski definition) is 0. The van der Waals surface area contributed by atoms with E-state index in [1.807, 2.05) is 64.1 Å². The number of esters is 2. The van der Waals surface area contributed by atoms with Crippen molar-refractivity contribution in [1.29, 1.82) is 0 Å². The summed E-state index contributed by atoms with van der Waals surface area (Å²) in [5, 5.41) is 0. The second-order valence-electron chi connectivity index (χ2n) is 8.99. The summed E-state index contributed by atoms with van der Waals surface area (Å²) >= 11 is 0. The minimum atomic E-state index is -0.578. The first-order valence-corrected chi connectivity index (χ1v) is 10.6. The predicted octanol–water partition coefficient (Wildman–Crippen LogP) is 7.18. The molecule has 0 bridgehead atoms. The van der Waals surface area contributed by atoms with Crippen molar-refractivity contribution in [1.82, 2.24) is 0 Å². The number of carbonyl (C=O) groups is 2. The van der Waals surface area contributed by atoms with Crippen molar-refractivity contribution in [2.75, 3.05) is 0 Å². The van der Waals surface area contributed by atoms with Crippen LogP contribution in [0.4, 0.5) is 0 Å². The van der Waals surface area contributed by atoms with Crippen molar-refractivity contribution < 1.29 is 14.3 Å². The molecule has 29 heavy (non-hydrogen) atoms. The molecule has 0 aromatic heterocycles. The van der Waals surface area contributed by atoms with Gasteiger partial charge in [0.05, 0.1) is 11.1 Å². The van der Waals surface area contributed by atoms with Crippen LogP contribution in [0.1, 0.15) is 122 Å². The van der Waals surface area contributed by atoms with Crippen molar-refractivity contribution in [2.24, 2.45) is 0 Å². The molecule has 3 heteroatoms. The molecule has 3 nitrogen and oxygen atoms in total. The number of benzene rings is 2. The van der Waals surface area contributed by atoms with E-state index in [1.165, 1.54) is 0 Å². The van der Waals surface area contributed by atoms with Gasteiger partial charge in [0.1, 0.15) is 0 Å². The Hall–Kier alpha value is -2.42. The maximum absolute atomic E-state index is 13.0. The van der Waals surface area contributed by atoms with Crippen molar-refractivity contribution in [3.63, 3.8) is 0 Å². The lowest BCUT2D eigenvalue weighted by Crippen LogP contribution is -2.17. The number of carbonyl (C=O) groups excluding carboxylic acids is 2. The first-order chi connectivity index (χ1) is 13.5. The van der Waals surface area contributed by atoms with Crippen LogP contribution in [0.2, 0.25) is 0 Å². The van der Waals surface area contributed by atoms with Crippen LogP contribution in [0, 0.1) is 0 Å². The summed E-state index contributed by atoms with van der Waals surface area (Å²) < 4.78 is 5.40. The highest BCUT2D eigenvalue weighted by Gasteiger charge is 2.23. The van der Waals surface area contributed by atoms with E-state index >= 15 is 0 Å². The van der Waals surface area contributed by atoms with Gasteiger partial charge in [-0.15, -0.1) is 0 Å². The molecule has 0 heterocycles. The first-order valence-electron chi connectivity index (χ1n) is 10.6. The van der Waals surface area contributed by atoms with Gasteiger partial charge < -0.3 is 4.74 Å². The Morgan fingerprint density at radius 2 is 0.931 bits per heavy atom. The summed E-state index contributed by atoms with van der Waals surface area (Å²) in [6, 6.07) is 11.8. The van der Waals surface area contributed by atoms with E-state index in [2.05, 4.69) is 27.7 Å². The van der Waals surface area contributed by atoms with Gasteiger partial charge in [-0.25, -0.2) is 9.59 Å². The molecule has 0 aliphatic rings. The molecular weight excluding hydrogens is 360 g/mol. The zero-order valence-corrected chi connectivity index (χ0v) is 19.0. The van der Waals surface area contributed by atoms with Gasteiger partial charge in [-0.05, 0) is 58.1 Å².